The Bertz CT molecular complexity index is 511. The van der Waals surface area contributed by atoms with Gasteiger partial charge in [-0.25, -0.2) is 0 Å². The Labute approximate surface area is 173 Å². The van der Waals surface area contributed by atoms with Crippen molar-refractivity contribution >= 4 is 29.8 Å². The van der Waals surface area contributed by atoms with Crippen LogP contribution >= 0.6 is 0 Å². The molecule has 0 aromatic heterocycles. The summed E-state index contributed by atoms with van der Waals surface area (Å²) in [5, 5.41) is 32.8. The predicted octanol–water partition coefficient (Wildman–Crippen LogP) is -2.55. The first-order chi connectivity index (χ1) is 13.8. The molecular formula is C16H33N5O9. The van der Waals surface area contributed by atoms with Crippen LogP contribution in [0.25, 0.3) is 0 Å². The third-order valence-electron chi connectivity index (χ3n) is 3.29. The van der Waals surface area contributed by atoms with Crippen LogP contribution in [-0.4, -0.2) is 74.9 Å². The molecule has 176 valence electrons. The van der Waals surface area contributed by atoms with Gasteiger partial charge in [0.05, 0.1) is 0 Å². The van der Waals surface area contributed by atoms with Crippen LogP contribution in [0.1, 0.15) is 44.9 Å². The van der Waals surface area contributed by atoms with Gasteiger partial charge in [0.25, 0.3) is 0 Å². The quantitative estimate of drug-likeness (QED) is 0.134. The van der Waals surface area contributed by atoms with E-state index in [9.17, 15) is 24.0 Å². The highest BCUT2D eigenvalue weighted by atomic mass is 16.4. The lowest BCUT2D eigenvalue weighted by Crippen LogP contribution is -2.31. The summed E-state index contributed by atoms with van der Waals surface area (Å²) >= 11 is 0. The zero-order valence-corrected chi connectivity index (χ0v) is 16.6. The summed E-state index contributed by atoms with van der Waals surface area (Å²) in [4.78, 5) is 50.1. The Balaban J connectivity index is -0.000000364. The Hall–Kier alpha value is -2.81. The lowest BCUT2D eigenvalue weighted by Gasteiger charge is -2.03. The molecule has 0 unspecified atom stereocenters. The molecule has 0 heterocycles. The second-order valence-electron chi connectivity index (χ2n) is 6.06. The van der Waals surface area contributed by atoms with E-state index < -0.39 is 47.9 Å². The molecule has 0 aliphatic rings. The molecule has 14 heteroatoms. The number of nitrogens with two attached hydrogens (primary N) is 5. The van der Waals surface area contributed by atoms with Gasteiger partial charge in [-0.1, -0.05) is 6.42 Å². The number of primary amides is 1. The summed E-state index contributed by atoms with van der Waals surface area (Å²) in [6.07, 6.45) is 2.06. The number of carbonyl (C=O) groups is 5. The van der Waals surface area contributed by atoms with Crippen molar-refractivity contribution in [1.29, 1.82) is 0 Å². The van der Waals surface area contributed by atoms with Gasteiger partial charge in [-0.15, -0.1) is 0 Å². The standard InChI is InChI=1S/C6H14N2O2.C5H10N2O3.C5H9NO4/c7-4-2-1-3-5(8)6(9)10;2*6-3(5(9)10)1-2-4(7)8/h5H,1-4,7-8H2,(H,9,10);3H,1-2,6H2,(H2,7,8)(H,9,10);3H,1-2,6H2,(H,7,8)(H,9,10)/t5-;2*3-/m000/s1. The molecule has 30 heavy (non-hydrogen) atoms. The van der Waals surface area contributed by atoms with Crippen molar-refractivity contribution in [1.82, 2.24) is 0 Å². The minimum Gasteiger partial charge on any atom is -0.481 e. The average molecular weight is 439 g/mol. The summed E-state index contributed by atoms with van der Waals surface area (Å²) in [5.74, 6) is -4.77. The van der Waals surface area contributed by atoms with E-state index >= 15 is 0 Å². The van der Waals surface area contributed by atoms with Gasteiger partial charge in [0.15, 0.2) is 0 Å². The van der Waals surface area contributed by atoms with Gasteiger partial charge in [-0.2, -0.15) is 0 Å². The lowest BCUT2D eigenvalue weighted by molar-refractivity contribution is -0.141. The molecule has 0 fully saturated rings. The van der Waals surface area contributed by atoms with Crippen LogP contribution in [0.3, 0.4) is 0 Å². The maximum Gasteiger partial charge on any atom is 0.320 e. The third kappa shape index (κ3) is 25.2. The lowest BCUT2D eigenvalue weighted by atomic mass is 10.1. The smallest absolute Gasteiger partial charge is 0.320 e. The predicted molar refractivity (Wildman–Crippen MR) is 105 cm³/mol. The molecule has 0 aliphatic heterocycles. The highest BCUT2D eigenvalue weighted by Gasteiger charge is 2.12. The van der Waals surface area contributed by atoms with E-state index in [0.717, 1.165) is 12.8 Å². The number of carboxylic acid groups (broad SMARTS) is 4. The fraction of sp³-hybridized carbons (Fsp3) is 0.688. The Kier molecular flexibility index (Phi) is 20.7. The second kappa shape index (κ2) is 19.5. The zero-order chi connectivity index (χ0) is 24.3. The minimum atomic E-state index is -1.17. The highest BCUT2D eigenvalue weighted by Crippen LogP contribution is 1.97. The fourth-order valence-electron chi connectivity index (χ4n) is 1.46. The first-order valence-electron chi connectivity index (χ1n) is 8.91. The number of hydrogen-bond donors (Lipinski definition) is 9. The molecule has 0 aromatic rings. The number of carboxylic acids is 4. The summed E-state index contributed by atoms with van der Waals surface area (Å²) < 4.78 is 0. The molecule has 0 rings (SSSR count). The summed E-state index contributed by atoms with van der Waals surface area (Å²) in [6, 6.07) is -2.75. The third-order valence-corrected chi connectivity index (χ3v) is 3.29. The van der Waals surface area contributed by atoms with Crippen LogP contribution in [0.2, 0.25) is 0 Å². The molecule has 14 nitrogen and oxygen atoms in total. The van der Waals surface area contributed by atoms with E-state index in [1.165, 1.54) is 0 Å². The van der Waals surface area contributed by atoms with Crippen LogP contribution in [0, 0.1) is 0 Å². The minimum absolute atomic E-state index is 0.0213. The van der Waals surface area contributed by atoms with Gasteiger partial charge in [0.2, 0.25) is 5.91 Å². The fourth-order valence-corrected chi connectivity index (χ4v) is 1.46. The van der Waals surface area contributed by atoms with Crippen LogP contribution in [0.4, 0.5) is 0 Å². The summed E-state index contributed by atoms with van der Waals surface area (Å²) in [7, 11) is 0. The van der Waals surface area contributed by atoms with Crippen LogP contribution in [0.5, 0.6) is 0 Å². The molecule has 1 amide bonds. The van der Waals surface area contributed by atoms with Crippen molar-refractivity contribution in [2.75, 3.05) is 6.54 Å². The summed E-state index contributed by atoms with van der Waals surface area (Å²) in [5.41, 5.74) is 25.2. The van der Waals surface area contributed by atoms with E-state index in [1.807, 2.05) is 0 Å². The van der Waals surface area contributed by atoms with Crippen molar-refractivity contribution in [3.63, 3.8) is 0 Å². The number of unbranched alkanes of at least 4 members (excludes halogenated alkanes) is 1. The molecule has 0 spiro atoms. The summed E-state index contributed by atoms with van der Waals surface area (Å²) in [6.45, 7) is 0.604. The van der Waals surface area contributed by atoms with E-state index in [2.05, 4.69) is 0 Å². The molecule has 0 bridgehead atoms. The number of amides is 1. The molecule has 0 radical (unpaired) electrons. The van der Waals surface area contributed by atoms with Gasteiger partial charge in [-0.05, 0) is 32.2 Å². The number of rotatable bonds is 13. The van der Waals surface area contributed by atoms with Crippen molar-refractivity contribution < 1.29 is 44.4 Å². The van der Waals surface area contributed by atoms with Crippen LogP contribution in [0.15, 0.2) is 0 Å². The Morgan fingerprint density at radius 3 is 1.30 bits per heavy atom. The highest BCUT2D eigenvalue weighted by molar-refractivity contribution is 5.77. The zero-order valence-electron chi connectivity index (χ0n) is 16.6. The molecule has 0 saturated heterocycles. The molecule has 0 saturated carbocycles. The van der Waals surface area contributed by atoms with Crippen LogP contribution in [-0.2, 0) is 24.0 Å². The number of carbonyl (C=O) groups excluding carboxylic acids is 1. The van der Waals surface area contributed by atoms with E-state index in [1.54, 1.807) is 0 Å². The van der Waals surface area contributed by atoms with Crippen molar-refractivity contribution in [3.05, 3.63) is 0 Å². The van der Waals surface area contributed by atoms with Crippen molar-refractivity contribution in [3.8, 4) is 0 Å². The maximum atomic E-state index is 10.1. The topological polar surface area (TPSA) is 296 Å². The Morgan fingerprint density at radius 2 is 1.00 bits per heavy atom. The average Bonchev–Trinajstić information content (AvgIpc) is 2.64. The van der Waals surface area contributed by atoms with Crippen LogP contribution < -0.4 is 28.7 Å². The molecular weight excluding hydrogens is 406 g/mol. The normalized spacial score (nSPS) is 12.7. The first-order valence-corrected chi connectivity index (χ1v) is 8.91. The SMILES string of the molecule is NC(=O)CC[C@H](N)C(=O)O.NCCCC[C@H](N)C(=O)O.N[C@@H](CCC(=O)O)C(=O)O. The molecule has 0 aromatic carbocycles. The molecule has 3 atom stereocenters. The van der Waals surface area contributed by atoms with Gasteiger partial charge in [0.1, 0.15) is 18.1 Å². The second-order valence-corrected chi connectivity index (χ2v) is 6.06. The van der Waals surface area contributed by atoms with Crippen molar-refractivity contribution in [2.45, 2.75) is 63.1 Å². The molecule has 0 aliphatic carbocycles. The van der Waals surface area contributed by atoms with Gasteiger partial charge < -0.3 is 49.1 Å². The maximum absolute atomic E-state index is 10.1. The Morgan fingerprint density at radius 1 is 0.633 bits per heavy atom. The van der Waals surface area contributed by atoms with Gasteiger partial charge in [-0.3, -0.25) is 24.0 Å². The monoisotopic (exact) mass is 439 g/mol. The van der Waals surface area contributed by atoms with Gasteiger partial charge in [0, 0.05) is 12.8 Å². The van der Waals surface area contributed by atoms with Crippen molar-refractivity contribution in [2.24, 2.45) is 28.7 Å². The van der Waals surface area contributed by atoms with E-state index in [0.29, 0.717) is 13.0 Å². The first kappa shape index (κ1) is 31.9. The number of aliphatic carboxylic acids is 4. The van der Waals surface area contributed by atoms with Gasteiger partial charge >= 0.3 is 23.9 Å². The van der Waals surface area contributed by atoms with E-state index in [4.69, 9.17) is 49.1 Å². The largest absolute Gasteiger partial charge is 0.481 e. The van der Waals surface area contributed by atoms with E-state index in [-0.39, 0.29) is 25.7 Å². The molecule has 14 N–H and O–H groups in total. The number of hydrogen-bond acceptors (Lipinski definition) is 9.